The van der Waals surface area contributed by atoms with Crippen LogP contribution in [-0.4, -0.2) is 30.9 Å². The fourth-order valence-electron chi connectivity index (χ4n) is 1.45. The minimum absolute atomic E-state index is 0.168. The largest absolute Gasteiger partial charge is 0.508 e. The van der Waals surface area contributed by atoms with Gasteiger partial charge in [0.25, 0.3) is 5.91 Å². The number of nitrogens with zero attached hydrogens (tertiary/aromatic N) is 3. The van der Waals surface area contributed by atoms with Gasteiger partial charge in [-0.3, -0.25) is 4.79 Å². The molecule has 0 radical (unpaired) electrons. The predicted molar refractivity (Wildman–Crippen MR) is 61.9 cm³/mol. The second-order valence-corrected chi connectivity index (χ2v) is 3.78. The molecule has 94 valence electrons. The molecule has 0 aliphatic heterocycles. The molecule has 0 unspecified atom stereocenters. The number of benzene rings is 1. The van der Waals surface area contributed by atoms with Gasteiger partial charge in [0, 0.05) is 18.7 Å². The standard InChI is InChI=1S/C11H12N4O3/c1-15-6-13-14-10(15)5-12-11(18)7-2-8(16)4-9(17)3-7/h2-4,6,16-17H,5H2,1H3,(H,12,18). The van der Waals surface area contributed by atoms with Crippen molar-refractivity contribution in [3.05, 3.63) is 35.9 Å². The van der Waals surface area contributed by atoms with Crippen LogP contribution in [0.3, 0.4) is 0 Å². The summed E-state index contributed by atoms with van der Waals surface area (Å²) in [5, 5.41) is 28.7. The third kappa shape index (κ3) is 2.57. The van der Waals surface area contributed by atoms with E-state index in [4.69, 9.17) is 0 Å². The lowest BCUT2D eigenvalue weighted by Crippen LogP contribution is -2.24. The van der Waals surface area contributed by atoms with Crippen LogP contribution >= 0.6 is 0 Å². The molecule has 0 aliphatic carbocycles. The number of carbonyl (C=O) groups is 1. The molecule has 1 heterocycles. The highest BCUT2D eigenvalue weighted by molar-refractivity contribution is 5.94. The Hall–Kier alpha value is -2.57. The number of hydrogen-bond donors (Lipinski definition) is 3. The highest BCUT2D eigenvalue weighted by Crippen LogP contribution is 2.20. The van der Waals surface area contributed by atoms with Crippen molar-refractivity contribution in [3.8, 4) is 11.5 Å². The molecule has 0 atom stereocenters. The molecule has 2 aromatic rings. The van der Waals surface area contributed by atoms with Crippen molar-refractivity contribution >= 4 is 5.91 Å². The molecule has 1 amide bonds. The maximum Gasteiger partial charge on any atom is 0.251 e. The fourth-order valence-corrected chi connectivity index (χ4v) is 1.45. The number of aryl methyl sites for hydroxylation is 1. The number of nitrogens with one attached hydrogen (secondary N) is 1. The van der Waals surface area contributed by atoms with E-state index in [1.165, 1.54) is 18.5 Å². The Morgan fingerprint density at radius 2 is 2.00 bits per heavy atom. The minimum atomic E-state index is -0.413. The number of hydrogen-bond acceptors (Lipinski definition) is 5. The maximum atomic E-state index is 11.8. The molecular weight excluding hydrogens is 236 g/mol. The average Bonchev–Trinajstić information content (AvgIpc) is 2.70. The molecule has 0 spiro atoms. The molecule has 18 heavy (non-hydrogen) atoms. The molecule has 0 bridgehead atoms. The summed E-state index contributed by atoms with van der Waals surface area (Å²) in [5.41, 5.74) is 0.176. The Labute approximate surface area is 103 Å². The van der Waals surface area contributed by atoms with Crippen LogP contribution in [-0.2, 0) is 13.6 Å². The summed E-state index contributed by atoms with van der Waals surface area (Å²) >= 11 is 0. The van der Waals surface area contributed by atoms with Gasteiger partial charge in [-0.25, -0.2) is 0 Å². The zero-order chi connectivity index (χ0) is 13.1. The first-order valence-electron chi connectivity index (χ1n) is 5.20. The second kappa shape index (κ2) is 4.74. The number of aromatic nitrogens is 3. The Kier molecular flexibility index (Phi) is 3.13. The lowest BCUT2D eigenvalue weighted by molar-refractivity contribution is 0.0948. The van der Waals surface area contributed by atoms with Crippen molar-refractivity contribution in [1.82, 2.24) is 20.1 Å². The van der Waals surface area contributed by atoms with E-state index in [2.05, 4.69) is 15.5 Å². The first kappa shape index (κ1) is 11.9. The van der Waals surface area contributed by atoms with Crippen LogP contribution in [0.5, 0.6) is 11.5 Å². The van der Waals surface area contributed by atoms with Crippen molar-refractivity contribution in [2.24, 2.45) is 7.05 Å². The van der Waals surface area contributed by atoms with Crippen LogP contribution in [0.1, 0.15) is 16.2 Å². The van der Waals surface area contributed by atoms with Gasteiger partial charge in [-0.1, -0.05) is 0 Å². The van der Waals surface area contributed by atoms with Crippen LogP contribution in [0.2, 0.25) is 0 Å². The normalized spacial score (nSPS) is 10.3. The van der Waals surface area contributed by atoms with E-state index in [9.17, 15) is 15.0 Å². The van der Waals surface area contributed by atoms with E-state index in [-0.39, 0.29) is 23.6 Å². The van der Waals surface area contributed by atoms with Crippen molar-refractivity contribution in [2.45, 2.75) is 6.54 Å². The van der Waals surface area contributed by atoms with Crippen LogP contribution in [0.25, 0.3) is 0 Å². The fraction of sp³-hybridized carbons (Fsp3) is 0.182. The number of aromatic hydroxyl groups is 2. The lowest BCUT2D eigenvalue weighted by atomic mass is 10.2. The summed E-state index contributed by atoms with van der Waals surface area (Å²) in [7, 11) is 1.77. The summed E-state index contributed by atoms with van der Waals surface area (Å²) < 4.78 is 1.68. The van der Waals surface area contributed by atoms with E-state index in [1.54, 1.807) is 11.6 Å². The molecule has 0 fully saturated rings. The first-order valence-corrected chi connectivity index (χ1v) is 5.20. The third-order valence-electron chi connectivity index (χ3n) is 2.38. The van der Waals surface area contributed by atoms with E-state index < -0.39 is 5.91 Å². The van der Waals surface area contributed by atoms with Crippen LogP contribution in [0, 0.1) is 0 Å². The Morgan fingerprint density at radius 1 is 1.33 bits per heavy atom. The van der Waals surface area contributed by atoms with Gasteiger partial charge < -0.3 is 20.1 Å². The van der Waals surface area contributed by atoms with Gasteiger partial charge in [-0.05, 0) is 12.1 Å². The smallest absolute Gasteiger partial charge is 0.251 e. The Balaban J connectivity index is 2.06. The van der Waals surface area contributed by atoms with Gasteiger partial charge in [0.2, 0.25) is 0 Å². The molecule has 2 rings (SSSR count). The van der Waals surface area contributed by atoms with Gasteiger partial charge >= 0.3 is 0 Å². The molecule has 0 aliphatic rings. The monoisotopic (exact) mass is 248 g/mol. The highest BCUT2D eigenvalue weighted by Gasteiger charge is 2.09. The molecule has 3 N–H and O–H groups in total. The van der Waals surface area contributed by atoms with Crippen molar-refractivity contribution in [2.75, 3.05) is 0 Å². The van der Waals surface area contributed by atoms with Crippen molar-refractivity contribution in [1.29, 1.82) is 0 Å². The first-order chi connectivity index (χ1) is 8.56. The summed E-state index contributed by atoms with van der Waals surface area (Å²) in [6.07, 6.45) is 1.53. The summed E-state index contributed by atoms with van der Waals surface area (Å²) in [4.78, 5) is 11.8. The van der Waals surface area contributed by atoms with E-state index in [0.717, 1.165) is 6.07 Å². The molecular formula is C11H12N4O3. The van der Waals surface area contributed by atoms with Crippen LogP contribution < -0.4 is 5.32 Å². The second-order valence-electron chi connectivity index (χ2n) is 3.78. The topological polar surface area (TPSA) is 100 Å². The van der Waals surface area contributed by atoms with E-state index >= 15 is 0 Å². The van der Waals surface area contributed by atoms with Gasteiger partial charge in [0.15, 0.2) is 5.82 Å². The minimum Gasteiger partial charge on any atom is -0.508 e. The summed E-state index contributed by atoms with van der Waals surface area (Å²) in [5.74, 6) is -0.144. The molecule has 0 saturated heterocycles. The highest BCUT2D eigenvalue weighted by atomic mass is 16.3. The third-order valence-corrected chi connectivity index (χ3v) is 2.38. The molecule has 1 aromatic heterocycles. The lowest BCUT2D eigenvalue weighted by Gasteiger charge is -2.05. The predicted octanol–water partition coefficient (Wildman–Crippen LogP) is 0.156. The molecule has 1 aromatic carbocycles. The summed E-state index contributed by atoms with van der Waals surface area (Å²) in [6.45, 7) is 0.214. The zero-order valence-corrected chi connectivity index (χ0v) is 9.66. The van der Waals surface area contributed by atoms with Gasteiger partial charge in [-0.15, -0.1) is 10.2 Å². The molecule has 7 heteroatoms. The number of carbonyl (C=O) groups excluding carboxylic acids is 1. The van der Waals surface area contributed by atoms with Gasteiger partial charge in [-0.2, -0.15) is 0 Å². The van der Waals surface area contributed by atoms with Crippen molar-refractivity contribution in [3.63, 3.8) is 0 Å². The molecule has 7 nitrogen and oxygen atoms in total. The van der Waals surface area contributed by atoms with Gasteiger partial charge in [0.05, 0.1) is 6.54 Å². The number of phenols is 2. The Bertz CT molecular complexity index is 559. The van der Waals surface area contributed by atoms with Crippen LogP contribution in [0.15, 0.2) is 24.5 Å². The number of amides is 1. The van der Waals surface area contributed by atoms with Crippen LogP contribution in [0.4, 0.5) is 0 Å². The van der Waals surface area contributed by atoms with Crippen molar-refractivity contribution < 1.29 is 15.0 Å². The van der Waals surface area contributed by atoms with Gasteiger partial charge in [0.1, 0.15) is 17.8 Å². The molecule has 0 saturated carbocycles. The zero-order valence-electron chi connectivity index (χ0n) is 9.66. The summed E-state index contributed by atoms with van der Waals surface area (Å²) in [6, 6.07) is 3.69. The Morgan fingerprint density at radius 3 is 2.56 bits per heavy atom. The quantitative estimate of drug-likeness (QED) is 0.718. The SMILES string of the molecule is Cn1cnnc1CNC(=O)c1cc(O)cc(O)c1. The number of rotatable bonds is 3. The number of phenolic OH excluding ortho intramolecular Hbond substituents is 2. The van der Waals surface area contributed by atoms with E-state index in [0.29, 0.717) is 5.82 Å². The van der Waals surface area contributed by atoms with E-state index in [1.807, 2.05) is 0 Å². The maximum absolute atomic E-state index is 11.8. The average molecular weight is 248 g/mol.